The van der Waals surface area contributed by atoms with Gasteiger partial charge in [-0.25, -0.2) is 8.78 Å². The van der Waals surface area contributed by atoms with Crippen LogP contribution in [0.15, 0.2) is 60.1 Å². The Balaban J connectivity index is 1.88. The van der Waals surface area contributed by atoms with Gasteiger partial charge in [-0.15, -0.1) is 0 Å². The van der Waals surface area contributed by atoms with E-state index in [0.717, 1.165) is 5.56 Å². The Morgan fingerprint density at radius 2 is 1.58 bits per heavy atom. The average molecular weight is 498 g/mol. The number of carbonyl (C=O) groups is 1. The van der Waals surface area contributed by atoms with Crippen molar-refractivity contribution < 1.29 is 32.5 Å². The van der Waals surface area contributed by atoms with Crippen molar-refractivity contribution in [1.82, 2.24) is 0 Å². The Morgan fingerprint density at radius 1 is 0.917 bits per heavy atom. The van der Waals surface area contributed by atoms with E-state index in [0.29, 0.717) is 40.5 Å². The highest BCUT2D eigenvalue weighted by atomic mass is 19.1. The third-order valence-corrected chi connectivity index (χ3v) is 5.70. The molecule has 0 bridgehead atoms. The van der Waals surface area contributed by atoms with E-state index in [-0.39, 0.29) is 23.3 Å². The van der Waals surface area contributed by atoms with E-state index in [2.05, 4.69) is 5.32 Å². The number of halogens is 2. The number of allylic oxidation sites excluding steroid dienone is 5. The van der Waals surface area contributed by atoms with Gasteiger partial charge in [0.05, 0.1) is 28.4 Å². The largest absolute Gasteiger partial charge is 0.494 e. The molecule has 1 unspecified atom stereocenters. The molecule has 3 rings (SSSR count). The molecule has 36 heavy (non-hydrogen) atoms. The topological polar surface area (TPSA) is 66.0 Å². The van der Waals surface area contributed by atoms with Gasteiger partial charge in [0.1, 0.15) is 5.83 Å². The van der Waals surface area contributed by atoms with Gasteiger partial charge in [-0.05, 0) is 36.3 Å². The van der Waals surface area contributed by atoms with Gasteiger partial charge in [0.2, 0.25) is 5.75 Å². The van der Waals surface area contributed by atoms with E-state index in [4.69, 9.17) is 18.9 Å². The second-order valence-corrected chi connectivity index (χ2v) is 8.06. The Kier molecular flexibility index (Phi) is 8.89. The van der Waals surface area contributed by atoms with Gasteiger partial charge >= 0.3 is 0 Å². The van der Waals surface area contributed by atoms with Crippen molar-refractivity contribution in [2.24, 2.45) is 5.92 Å². The summed E-state index contributed by atoms with van der Waals surface area (Å²) < 4.78 is 49.3. The summed E-state index contributed by atoms with van der Waals surface area (Å²) in [7, 11) is 5.94. The molecule has 0 amide bonds. The molecule has 0 aromatic heterocycles. The number of benzene rings is 2. The lowest BCUT2D eigenvalue weighted by molar-refractivity contribution is -0.111. The summed E-state index contributed by atoms with van der Waals surface area (Å²) >= 11 is 0. The minimum Gasteiger partial charge on any atom is -0.494 e. The van der Waals surface area contributed by atoms with Crippen LogP contribution in [-0.2, 0) is 4.79 Å². The molecule has 0 radical (unpaired) electrons. The van der Waals surface area contributed by atoms with Gasteiger partial charge in [-0.2, -0.15) is 0 Å². The summed E-state index contributed by atoms with van der Waals surface area (Å²) in [5, 5.41) is 3.02. The molecule has 0 saturated heterocycles. The molecule has 190 valence electrons. The smallest absolute Gasteiger partial charge is 0.203 e. The highest BCUT2D eigenvalue weighted by molar-refractivity contribution is 6.04. The molecule has 0 spiro atoms. The first-order chi connectivity index (χ1) is 17.3. The van der Waals surface area contributed by atoms with Crippen molar-refractivity contribution in [1.29, 1.82) is 0 Å². The predicted octanol–water partition coefficient (Wildman–Crippen LogP) is 6.34. The fourth-order valence-corrected chi connectivity index (χ4v) is 3.71. The molecule has 8 heteroatoms. The first-order valence-corrected chi connectivity index (χ1v) is 11.2. The van der Waals surface area contributed by atoms with Crippen LogP contribution in [0.4, 0.5) is 14.5 Å². The number of ether oxygens (including phenoxy) is 4. The SMILES string of the molecule is COc1cc(N/C=C\C(=O)C2=CC=C(F)C(C)C2)c(/C=C\c2cc(OC)c(OC)c(OC)c2)cc1F. The van der Waals surface area contributed by atoms with E-state index < -0.39 is 5.82 Å². The number of methoxy groups -OCH3 is 4. The molecule has 1 aliphatic rings. The third-order valence-electron chi connectivity index (χ3n) is 5.70. The van der Waals surface area contributed by atoms with Crippen molar-refractivity contribution in [2.75, 3.05) is 33.8 Å². The molecule has 0 heterocycles. The molecule has 2 aromatic carbocycles. The van der Waals surface area contributed by atoms with E-state index in [1.54, 1.807) is 31.2 Å². The molecule has 2 aromatic rings. The second kappa shape index (κ2) is 12.1. The lowest BCUT2D eigenvalue weighted by Gasteiger charge is -2.14. The number of anilines is 1. The summed E-state index contributed by atoms with van der Waals surface area (Å²) in [6.07, 6.45) is 9.44. The summed E-state index contributed by atoms with van der Waals surface area (Å²) in [6, 6.07) is 6.35. The van der Waals surface area contributed by atoms with Crippen molar-refractivity contribution in [3.63, 3.8) is 0 Å². The Labute approximate surface area is 209 Å². The molecular weight excluding hydrogens is 468 g/mol. The standard InChI is InChI=1S/C28H29F2NO5/c1-17-12-20(8-9-21(17)29)24(32)10-11-31-23-16-25(33-2)22(30)15-19(23)7-6-18-13-26(34-3)28(36-5)27(14-18)35-4/h6-11,13-17,31H,12H2,1-5H3/b7-6-,11-10-. The molecule has 0 saturated carbocycles. The third kappa shape index (κ3) is 6.13. The van der Waals surface area contributed by atoms with E-state index in [1.807, 2.05) is 0 Å². The van der Waals surface area contributed by atoms with Crippen LogP contribution >= 0.6 is 0 Å². The van der Waals surface area contributed by atoms with Crippen molar-refractivity contribution in [3.8, 4) is 23.0 Å². The highest BCUT2D eigenvalue weighted by Gasteiger charge is 2.18. The minimum atomic E-state index is -0.539. The van der Waals surface area contributed by atoms with Crippen LogP contribution in [0, 0.1) is 11.7 Å². The lowest BCUT2D eigenvalue weighted by atomic mass is 9.92. The summed E-state index contributed by atoms with van der Waals surface area (Å²) in [5.74, 6) is 0.136. The number of hydrogen-bond acceptors (Lipinski definition) is 6. The maximum absolute atomic E-state index is 14.5. The van der Waals surface area contributed by atoms with Gasteiger partial charge in [-0.3, -0.25) is 4.79 Å². The summed E-state index contributed by atoms with van der Waals surface area (Å²) in [5.41, 5.74) is 2.27. The van der Waals surface area contributed by atoms with Crippen LogP contribution in [0.3, 0.4) is 0 Å². The van der Waals surface area contributed by atoms with E-state index >= 15 is 0 Å². The molecule has 1 N–H and O–H groups in total. The van der Waals surface area contributed by atoms with Gasteiger partial charge in [0.15, 0.2) is 28.8 Å². The lowest BCUT2D eigenvalue weighted by Crippen LogP contribution is -2.09. The molecule has 1 atom stereocenters. The molecular formula is C28H29F2NO5. The maximum atomic E-state index is 14.5. The van der Waals surface area contributed by atoms with Gasteiger partial charge < -0.3 is 24.3 Å². The normalized spacial score (nSPS) is 15.5. The highest BCUT2D eigenvalue weighted by Crippen LogP contribution is 2.39. The molecule has 1 aliphatic carbocycles. The number of carbonyl (C=O) groups excluding carboxylic acids is 1. The number of hydrogen-bond donors (Lipinski definition) is 1. The average Bonchev–Trinajstić information content (AvgIpc) is 2.88. The zero-order chi connectivity index (χ0) is 26.2. The first-order valence-electron chi connectivity index (χ1n) is 11.2. The minimum absolute atomic E-state index is 0.0478. The fraction of sp³-hybridized carbons (Fsp3) is 0.250. The van der Waals surface area contributed by atoms with Crippen LogP contribution in [0.2, 0.25) is 0 Å². The van der Waals surface area contributed by atoms with Crippen LogP contribution in [0.1, 0.15) is 24.5 Å². The van der Waals surface area contributed by atoms with Crippen molar-refractivity contribution >= 4 is 23.6 Å². The Hall–Kier alpha value is -4.07. The van der Waals surface area contributed by atoms with Crippen LogP contribution in [0.5, 0.6) is 23.0 Å². The maximum Gasteiger partial charge on any atom is 0.203 e. The molecule has 0 fully saturated rings. The van der Waals surface area contributed by atoms with E-state index in [9.17, 15) is 13.6 Å². The van der Waals surface area contributed by atoms with Crippen LogP contribution < -0.4 is 24.3 Å². The van der Waals surface area contributed by atoms with Crippen LogP contribution in [-0.4, -0.2) is 34.2 Å². The van der Waals surface area contributed by atoms with E-state index in [1.165, 1.54) is 65.0 Å². The monoisotopic (exact) mass is 497 g/mol. The predicted molar refractivity (Wildman–Crippen MR) is 137 cm³/mol. The quantitative estimate of drug-likeness (QED) is 0.305. The zero-order valence-corrected chi connectivity index (χ0v) is 20.9. The number of nitrogens with one attached hydrogen (secondary N) is 1. The first kappa shape index (κ1) is 26.5. The zero-order valence-electron chi connectivity index (χ0n) is 20.9. The van der Waals surface area contributed by atoms with Crippen LogP contribution in [0.25, 0.3) is 12.2 Å². The second-order valence-electron chi connectivity index (χ2n) is 8.06. The fourth-order valence-electron chi connectivity index (χ4n) is 3.71. The van der Waals surface area contributed by atoms with Crippen molar-refractivity contribution in [3.05, 3.63) is 77.0 Å². The van der Waals surface area contributed by atoms with Crippen molar-refractivity contribution in [2.45, 2.75) is 13.3 Å². The summed E-state index contributed by atoms with van der Waals surface area (Å²) in [4.78, 5) is 12.5. The van der Waals surface area contributed by atoms with Gasteiger partial charge in [-0.1, -0.05) is 25.2 Å². The molecule has 0 aliphatic heterocycles. The number of rotatable bonds is 10. The Bertz CT molecular complexity index is 1220. The molecule has 6 nitrogen and oxygen atoms in total. The summed E-state index contributed by atoms with van der Waals surface area (Å²) in [6.45, 7) is 1.73. The Morgan fingerprint density at radius 3 is 2.17 bits per heavy atom. The van der Waals surface area contributed by atoms with Gasteiger partial charge in [0.25, 0.3) is 0 Å². The number of ketones is 1. The van der Waals surface area contributed by atoms with Gasteiger partial charge in [0, 0.05) is 41.1 Å².